The lowest BCUT2D eigenvalue weighted by Gasteiger charge is -1.95. The van der Waals surface area contributed by atoms with E-state index in [4.69, 9.17) is 0 Å². The van der Waals surface area contributed by atoms with Crippen LogP contribution >= 0.6 is 0 Å². The maximum atomic E-state index is 2.40. The second kappa shape index (κ2) is 5.17. The van der Waals surface area contributed by atoms with Gasteiger partial charge in [-0.2, -0.15) is 0 Å². The van der Waals surface area contributed by atoms with Crippen molar-refractivity contribution in [3.8, 4) is 0 Å². The van der Waals surface area contributed by atoms with Gasteiger partial charge in [0.25, 0.3) is 0 Å². The summed E-state index contributed by atoms with van der Waals surface area (Å²) in [7, 11) is 0. The van der Waals surface area contributed by atoms with Crippen molar-refractivity contribution in [2.75, 3.05) is 0 Å². The molecule has 62 valence electrons. The average Bonchev–Trinajstić information content (AvgIpc) is 2.28. The summed E-state index contributed by atoms with van der Waals surface area (Å²) in [6, 6.07) is 0. The third-order valence-electron chi connectivity index (χ3n) is 2.14. The van der Waals surface area contributed by atoms with Crippen molar-refractivity contribution >= 4 is 0 Å². The van der Waals surface area contributed by atoms with E-state index in [1.54, 1.807) is 5.57 Å². The molecule has 0 N–H and O–H groups in total. The topological polar surface area (TPSA) is 0 Å². The quantitative estimate of drug-likeness (QED) is 0.561. The zero-order chi connectivity index (χ0) is 7.94. The van der Waals surface area contributed by atoms with E-state index in [2.05, 4.69) is 25.2 Å². The summed E-state index contributed by atoms with van der Waals surface area (Å²) in [6.45, 7) is 2.19. The Kier molecular flexibility index (Phi) is 4.03. The molecule has 11 heavy (non-hydrogen) atoms. The van der Waals surface area contributed by atoms with Crippen LogP contribution in [0.15, 0.2) is 23.8 Å². The van der Waals surface area contributed by atoms with Gasteiger partial charge < -0.3 is 0 Å². The third kappa shape index (κ3) is 3.41. The molecule has 0 spiro atoms. The molecule has 0 aromatic rings. The normalized spacial score (nSPS) is 19.9. The fourth-order valence-electron chi connectivity index (χ4n) is 1.46. The Hall–Kier alpha value is -0.520. The monoisotopic (exact) mass is 150 g/mol. The highest BCUT2D eigenvalue weighted by Gasteiger charge is 1.97. The van der Waals surface area contributed by atoms with Crippen molar-refractivity contribution in [2.45, 2.75) is 45.4 Å². The molecule has 0 aromatic carbocycles. The molecule has 1 aliphatic rings. The van der Waals surface area contributed by atoms with Gasteiger partial charge in [0.1, 0.15) is 0 Å². The summed E-state index contributed by atoms with van der Waals surface area (Å²) in [5, 5.41) is 0. The SMILES string of the molecule is CC/C=C/C1=CCCCCC1. The second-order valence-corrected chi connectivity index (χ2v) is 3.19. The van der Waals surface area contributed by atoms with Gasteiger partial charge in [0.05, 0.1) is 0 Å². The molecule has 1 rings (SSSR count). The molecule has 0 nitrogen and oxygen atoms in total. The summed E-state index contributed by atoms with van der Waals surface area (Å²) >= 11 is 0. The van der Waals surface area contributed by atoms with Crippen molar-refractivity contribution in [3.63, 3.8) is 0 Å². The first-order chi connectivity index (χ1) is 5.43. The Balaban J connectivity index is 2.40. The molecule has 0 heteroatoms. The predicted octanol–water partition coefficient (Wildman–Crippen LogP) is 3.84. The van der Waals surface area contributed by atoms with Gasteiger partial charge >= 0.3 is 0 Å². The van der Waals surface area contributed by atoms with E-state index in [1.807, 2.05) is 0 Å². The Bertz CT molecular complexity index is 151. The van der Waals surface area contributed by atoms with Gasteiger partial charge in [-0.25, -0.2) is 0 Å². The minimum absolute atomic E-state index is 1.16. The smallest absolute Gasteiger partial charge is 0.0282 e. The molecule has 0 unspecified atom stereocenters. The molecular weight excluding hydrogens is 132 g/mol. The molecule has 0 atom stereocenters. The van der Waals surface area contributed by atoms with Gasteiger partial charge in [0, 0.05) is 0 Å². The van der Waals surface area contributed by atoms with E-state index in [9.17, 15) is 0 Å². The minimum Gasteiger partial charge on any atom is -0.0845 e. The van der Waals surface area contributed by atoms with Crippen LogP contribution in [0.25, 0.3) is 0 Å². The number of hydrogen-bond donors (Lipinski definition) is 0. The number of rotatable bonds is 2. The predicted molar refractivity (Wildman–Crippen MR) is 50.6 cm³/mol. The van der Waals surface area contributed by atoms with Crippen molar-refractivity contribution in [3.05, 3.63) is 23.8 Å². The first-order valence-corrected chi connectivity index (χ1v) is 4.79. The maximum absolute atomic E-state index is 2.40. The molecule has 0 saturated heterocycles. The summed E-state index contributed by atoms with van der Waals surface area (Å²) in [5.74, 6) is 0. The first-order valence-electron chi connectivity index (χ1n) is 4.79. The highest BCUT2D eigenvalue weighted by atomic mass is 14.0. The highest BCUT2D eigenvalue weighted by Crippen LogP contribution is 2.17. The van der Waals surface area contributed by atoms with Gasteiger partial charge in [0.15, 0.2) is 0 Å². The lowest BCUT2D eigenvalue weighted by Crippen LogP contribution is -1.75. The lowest BCUT2D eigenvalue weighted by atomic mass is 10.1. The number of allylic oxidation sites excluding steroid dienone is 4. The molecule has 0 heterocycles. The van der Waals surface area contributed by atoms with Gasteiger partial charge in [0.2, 0.25) is 0 Å². The largest absolute Gasteiger partial charge is 0.0845 e. The molecule has 0 radical (unpaired) electrons. The molecule has 0 amide bonds. The fourth-order valence-corrected chi connectivity index (χ4v) is 1.46. The zero-order valence-corrected chi connectivity index (χ0v) is 7.47. The van der Waals surface area contributed by atoms with Crippen molar-refractivity contribution in [2.24, 2.45) is 0 Å². The fraction of sp³-hybridized carbons (Fsp3) is 0.636. The number of hydrogen-bond acceptors (Lipinski definition) is 0. The summed E-state index contributed by atoms with van der Waals surface area (Å²) in [6.07, 6.45) is 14.9. The average molecular weight is 150 g/mol. The van der Waals surface area contributed by atoms with Crippen LogP contribution in [-0.4, -0.2) is 0 Å². The van der Waals surface area contributed by atoms with Crippen LogP contribution in [0.4, 0.5) is 0 Å². The van der Waals surface area contributed by atoms with E-state index in [0.717, 1.165) is 6.42 Å². The van der Waals surface area contributed by atoms with Crippen LogP contribution in [0, 0.1) is 0 Å². The summed E-state index contributed by atoms with van der Waals surface area (Å²) in [4.78, 5) is 0. The molecular formula is C11H18. The maximum Gasteiger partial charge on any atom is -0.0282 e. The standard InChI is InChI=1S/C11H18/c1-2-3-8-11-9-6-4-5-7-10-11/h3,8-9H,2,4-7,10H2,1H3/b8-3+. The van der Waals surface area contributed by atoms with Crippen LogP contribution in [-0.2, 0) is 0 Å². The van der Waals surface area contributed by atoms with E-state index >= 15 is 0 Å². The molecule has 0 bridgehead atoms. The van der Waals surface area contributed by atoms with Crippen LogP contribution in [0.3, 0.4) is 0 Å². The molecule has 0 aromatic heterocycles. The molecule has 0 saturated carbocycles. The van der Waals surface area contributed by atoms with E-state index in [1.165, 1.54) is 32.1 Å². The van der Waals surface area contributed by atoms with Gasteiger partial charge in [-0.15, -0.1) is 0 Å². The van der Waals surface area contributed by atoms with Crippen molar-refractivity contribution in [1.82, 2.24) is 0 Å². The first kappa shape index (κ1) is 8.58. The van der Waals surface area contributed by atoms with Crippen LogP contribution in [0.5, 0.6) is 0 Å². The Morgan fingerprint density at radius 1 is 1.36 bits per heavy atom. The van der Waals surface area contributed by atoms with Gasteiger partial charge in [-0.3, -0.25) is 0 Å². The second-order valence-electron chi connectivity index (χ2n) is 3.19. The minimum atomic E-state index is 1.16. The van der Waals surface area contributed by atoms with Crippen LogP contribution in [0.1, 0.15) is 45.4 Å². The van der Waals surface area contributed by atoms with Gasteiger partial charge in [-0.1, -0.05) is 37.1 Å². The summed E-state index contributed by atoms with van der Waals surface area (Å²) < 4.78 is 0. The van der Waals surface area contributed by atoms with Crippen molar-refractivity contribution in [1.29, 1.82) is 0 Å². The van der Waals surface area contributed by atoms with E-state index < -0.39 is 0 Å². The Labute approximate surface area is 70.0 Å². The zero-order valence-electron chi connectivity index (χ0n) is 7.47. The van der Waals surface area contributed by atoms with E-state index in [0.29, 0.717) is 0 Å². The Morgan fingerprint density at radius 3 is 3.09 bits per heavy atom. The van der Waals surface area contributed by atoms with Crippen LogP contribution in [0.2, 0.25) is 0 Å². The van der Waals surface area contributed by atoms with Crippen LogP contribution < -0.4 is 0 Å². The summed E-state index contributed by atoms with van der Waals surface area (Å²) in [5.41, 5.74) is 1.56. The molecule has 1 aliphatic carbocycles. The van der Waals surface area contributed by atoms with Crippen molar-refractivity contribution < 1.29 is 0 Å². The molecule has 0 aliphatic heterocycles. The molecule has 0 fully saturated rings. The Morgan fingerprint density at radius 2 is 2.27 bits per heavy atom. The van der Waals surface area contributed by atoms with E-state index in [-0.39, 0.29) is 0 Å². The lowest BCUT2D eigenvalue weighted by molar-refractivity contribution is 0.713. The van der Waals surface area contributed by atoms with Gasteiger partial charge in [-0.05, 0) is 32.1 Å². The highest BCUT2D eigenvalue weighted by molar-refractivity contribution is 5.19. The third-order valence-corrected chi connectivity index (χ3v) is 2.14.